The highest BCUT2D eigenvalue weighted by Crippen LogP contribution is 2.23. The number of hydrogen-bond acceptors (Lipinski definition) is 2. The molecule has 0 aliphatic carbocycles. The maximum atomic E-state index is 6.04. The minimum Gasteiger partial charge on any atom is -0.273 e. The molecule has 0 saturated heterocycles. The van der Waals surface area contributed by atoms with E-state index in [-0.39, 0.29) is 0 Å². The molecule has 17 heavy (non-hydrogen) atoms. The van der Waals surface area contributed by atoms with Crippen molar-refractivity contribution in [1.29, 1.82) is 0 Å². The van der Waals surface area contributed by atoms with Crippen LogP contribution in [-0.4, -0.2) is 17.1 Å². The van der Waals surface area contributed by atoms with Crippen molar-refractivity contribution in [2.45, 2.75) is 46.7 Å². The number of aryl methyl sites for hydroxylation is 1. The summed E-state index contributed by atoms with van der Waals surface area (Å²) in [6, 6.07) is 6.37. The molecule has 0 amide bonds. The maximum Gasteiger partial charge on any atom is 0.0889 e. The summed E-state index contributed by atoms with van der Waals surface area (Å²) in [7, 11) is 0. The zero-order valence-corrected chi connectivity index (χ0v) is 11.9. The lowest BCUT2D eigenvalue weighted by Gasteiger charge is -2.25. The van der Waals surface area contributed by atoms with E-state index in [0.717, 1.165) is 16.3 Å². The Morgan fingerprint density at radius 3 is 2.18 bits per heavy atom. The first-order valence-electron chi connectivity index (χ1n) is 5.88. The second-order valence-electron chi connectivity index (χ2n) is 4.69. The van der Waals surface area contributed by atoms with Crippen LogP contribution in [-0.2, 0) is 0 Å². The summed E-state index contributed by atoms with van der Waals surface area (Å²) in [6.45, 7) is 10.4. The molecule has 0 atom stereocenters. The van der Waals surface area contributed by atoms with Crippen LogP contribution in [0.25, 0.3) is 0 Å². The fraction of sp³-hybridized carbons (Fsp3) is 0.538. The Labute approximate surface area is 108 Å². The van der Waals surface area contributed by atoms with E-state index in [1.807, 2.05) is 30.1 Å². The zero-order valence-electron chi connectivity index (χ0n) is 11.1. The third-order valence-corrected chi connectivity index (χ3v) is 2.88. The molecule has 0 N–H and O–H groups in total. The fourth-order valence-corrected chi connectivity index (χ4v) is 1.72. The standard InChI is InChI=1S/C13H20ClN3/c1-9(2)17(10(3)4)16-15-12-7-6-11(5)13(14)8-12/h6-10H,1-5H3. The van der Waals surface area contributed by atoms with Gasteiger partial charge >= 0.3 is 0 Å². The molecule has 0 aliphatic heterocycles. The molecule has 1 aromatic rings. The van der Waals surface area contributed by atoms with Gasteiger partial charge in [0.15, 0.2) is 0 Å². The van der Waals surface area contributed by atoms with E-state index < -0.39 is 0 Å². The summed E-state index contributed by atoms with van der Waals surface area (Å²) in [5.41, 5.74) is 1.84. The number of nitrogens with zero attached hydrogens (tertiary/aromatic N) is 3. The van der Waals surface area contributed by atoms with Crippen molar-refractivity contribution in [3.05, 3.63) is 28.8 Å². The van der Waals surface area contributed by atoms with E-state index in [0.29, 0.717) is 12.1 Å². The first-order chi connectivity index (χ1) is 7.91. The van der Waals surface area contributed by atoms with E-state index in [1.54, 1.807) is 0 Å². The van der Waals surface area contributed by atoms with Gasteiger partial charge in [0, 0.05) is 17.1 Å². The largest absolute Gasteiger partial charge is 0.273 e. The van der Waals surface area contributed by atoms with Gasteiger partial charge in [-0.3, -0.25) is 5.01 Å². The van der Waals surface area contributed by atoms with Crippen LogP contribution in [0.2, 0.25) is 5.02 Å². The Balaban J connectivity index is 2.85. The van der Waals surface area contributed by atoms with Gasteiger partial charge in [0.1, 0.15) is 0 Å². The van der Waals surface area contributed by atoms with E-state index in [1.165, 1.54) is 0 Å². The predicted octanol–water partition coefficient (Wildman–Crippen LogP) is 4.77. The van der Waals surface area contributed by atoms with Gasteiger partial charge in [0.05, 0.1) is 5.69 Å². The summed E-state index contributed by atoms with van der Waals surface area (Å²) in [4.78, 5) is 0. The number of rotatable bonds is 4. The van der Waals surface area contributed by atoms with Crippen LogP contribution in [0.4, 0.5) is 5.69 Å². The summed E-state index contributed by atoms with van der Waals surface area (Å²) in [6.07, 6.45) is 0. The third-order valence-electron chi connectivity index (χ3n) is 2.48. The summed E-state index contributed by atoms with van der Waals surface area (Å²) in [5, 5.41) is 11.2. The van der Waals surface area contributed by atoms with Crippen molar-refractivity contribution in [3.63, 3.8) is 0 Å². The Kier molecular flexibility index (Phi) is 4.94. The number of hydrogen-bond donors (Lipinski definition) is 0. The molecule has 0 saturated carbocycles. The molecule has 0 unspecified atom stereocenters. The molecule has 1 rings (SSSR count). The minimum atomic E-state index is 0.333. The van der Waals surface area contributed by atoms with Gasteiger partial charge in [-0.15, -0.1) is 5.11 Å². The Hall–Kier alpha value is -1.09. The number of halogens is 1. The van der Waals surface area contributed by atoms with Gasteiger partial charge in [0.2, 0.25) is 0 Å². The zero-order chi connectivity index (χ0) is 13.0. The van der Waals surface area contributed by atoms with Crippen LogP contribution in [0, 0.1) is 6.92 Å². The van der Waals surface area contributed by atoms with Crippen LogP contribution in [0.3, 0.4) is 0 Å². The molecule has 0 spiro atoms. The Morgan fingerprint density at radius 1 is 1.12 bits per heavy atom. The van der Waals surface area contributed by atoms with Gasteiger partial charge < -0.3 is 0 Å². The topological polar surface area (TPSA) is 28.0 Å². The summed E-state index contributed by atoms with van der Waals surface area (Å²) >= 11 is 6.04. The second-order valence-corrected chi connectivity index (χ2v) is 5.10. The number of benzene rings is 1. The second kappa shape index (κ2) is 6.01. The molecule has 3 nitrogen and oxygen atoms in total. The SMILES string of the molecule is Cc1ccc(N=NN(C(C)C)C(C)C)cc1Cl. The fourth-order valence-electron chi connectivity index (χ4n) is 1.55. The van der Waals surface area contributed by atoms with Crippen LogP contribution < -0.4 is 0 Å². The molecule has 0 heterocycles. The lowest BCUT2D eigenvalue weighted by atomic mass is 10.2. The van der Waals surface area contributed by atoms with E-state index in [4.69, 9.17) is 11.6 Å². The molecule has 0 aliphatic rings. The summed E-state index contributed by atoms with van der Waals surface area (Å²) < 4.78 is 0. The lowest BCUT2D eigenvalue weighted by Crippen LogP contribution is -2.31. The van der Waals surface area contributed by atoms with E-state index in [9.17, 15) is 0 Å². The molecule has 0 bridgehead atoms. The molecular formula is C13H20ClN3. The quantitative estimate of drug-likeness (QED) is 0.561. The minimum absolute atomic E-state index is 0.333. The van der Waals surface area contributed by atoms with Crippen molar-refractivity contribution < 1.29 is 0 Å². The molecule has 0 fully saturated rings. The molecule has 1 aromatic carbocycles. The van der Waals surface area contributed by atoms with Gasteiger partial charge in [-0.2, -0.15) is 0 Å². The van der Waals surface area contributed by atoms with Crippen molar-refractivity contribution >= 4 is 17.3 Å². The average Bonchev–Trinajstić information content (AvgIpc) is 2.22. The predicted molar refractivity (Wildman–Crippen MR) is 72.8 cm³/mol. The normalized spacial score (nSPS) is 11.8. The van der Waals surface area contributed by atoms with Gasteiger partial charge in [-0.05, 0) is 52.3 Å². The molecule has 0 aromatic heterocycles. The molecule has 94 valence electrons. The van der Waals surface area contributed by atoms with Crippen molar-refractivity contribution in [2.75, 3.05) is 0 Å². The van der Waals surface area contributed by atoms with E-state index >= 15 is 0 Å². The first kappa shape index (κ1) is 14.0. The monoisotopic (exact) mass is 253 g/mol. The highest BCUT2D eigenvalue weighted by atomic mass is 35.5. The lowest BCUT2D eigenvalue weighted by molar-refractivity contribution is 0.169. The van der Waals surface area contributed by atoms with Crippen LogP contribution in [0.5, 0.6) is 0 Å². The van der Waals surface area contributed by atoms with Gasteiger partial charge in [0.25, 0.3) is 0 Å². The molecule has 4 heteroatoms. The van der Waals surface area contributed by atoms with Crippen molar-refractivity contribution in [3.8, 4) is 0 Å². The highest BCUT2D eigenvalue weighted by Gasteiger charge is 2.10. The Bertz CT molecular complexity index is 392. The molecule has 0 radical (unpaired) electrons. The van der Waals surface area contributed by atoms with Crippen LogP contribution in [0.1, 0.15) is 33.3 Å². The first-order valence-corrected chi connectivity index (χ1v) is 6.25. The third kappa shape index (κ3) is 4.00. The molecular weight excluding hydrogens is 234 g/mol. The Morgan fingerprint density at radius 2 is 1.71 bits per heavy atom. The average molecular weight is 254 g/mol. The maximum absolute atomic E-state index is 6.04. The van der Waals surface area contributed by atoms with Crippen LogP contribution >= 0.6 is 11.6 Å². The smallest absolute Gasteiger partial charge is 0.0889 e. The highest BCUT2D eigenvalue weighted by molar-refractivity contribution is 6.31. The van der Waals surface area contributed by atoms with Crippen molar-refractivity contribution in [2.24, 2.45) is 10.3 Å². The van der Waals surface area contributed by atoms with Gasteiger partial charge in [-0.25, -0.2) is 0 Å². The van der Waals surface area contributed by atoms with Crippen molar-refractivity contribution in [1.82, 2.24) is 5.01 Å². The van der Waals surface area contributed by atoms with E-state index in [2.05, 4.69) is 38.0 Å². The van der Waals surface area contributed by atoms with Crippen LogP contribution in [0.15, 0.2) is 28.5 Å². The summed E-state index contributed by atoms with van der Waals surface area (Å²) in [5.74, 6) is 0. The van der Waals surface area contributed by atoms with Gasteiger partial charge in [-0.1, -0.05) is 22.9 Å².